The van der Waals surface area contributed by atoms with Gasteiger partial charge in [0.25, 0.3) is 5.56 Å². The van der Waals surface area contributed by atoms with E-state index in [0.717, 1.165) is 51.5 Å². The number of halogens is 3. The topological polar surface area (TPSA) is 75.0 Å². The van der Waals surface area contributed by atoms with Crippen molar-refractivity contribution in [3.8, 4) is 11.4 Å². The van der Waals surface area contributed by atoms with Gasteiger partial charge in [-0.05, 0) is 50.9 Å². The minimum atomic E-state index is -4.66. The van der Waals surface area contributed by atoms with Crippen LogP contribution in [0.2, 0.25) is 0 Å². The van der Waals surface area contributed by atoms with Crippen LogP contribution < -0.4 is 11.3 Å². The summed E-state index contributed by atoms with van der Waals surface area (Å²) in [5.74, 6) is 0.518. The molecule has 0 unspecified atom stereocenters. The standard InChI is InChI=1S/C19H23F3N4O/c1-12-16(19(20,21)22)24-17(25-18(12)27)15-4-2-14(3-5-15)11-26-8-6-13(10-23)7-9-26/h2-5,13H,6-11,23H2,1H3,(H,24,25,27). The number of rotatable bonds is 4. The maximum absolute atomic E-state index is 13.1. The molecule has 1 saturated heterocycles. The number of alkyl halides is 3. The maximum Gasteiger partial charge on any atom is 0.433 e. The summed E-state index contributed by atoms with van der Waals surface area (Å²) in [7, 11) is 0. The number of aromatic amines is 1. The Hall–Kier alpha value is -2.19. The second kappa shape index (κ2) is 7.82. The van der Waals surface area contributed by atoms with E-state index in [1.165, 1.54) is 0 Å². The first-order chi connectivity index (χ1) is 12.8. The van der Waals surface area contributed by atoms with Gasteiger partial charge in [0.2, 0.25) is 0 Å². The number of nitrogens with one attached hydrogen (secondary N) is 1. The normalized spacial score (nSPS) is 16.6. The Bertz CT molecular complexity index is 838. The van der Waals surface area contributed by atoms with E-state index >= 15 is 0 Å². The number of benzene rings is 1. The molecule has 0 spiro atoms. The number of nitrogens with zero attached hydrogens (tertiary/aromatic N) is 2. The zero-order valence-corrected chi connectivity index (χ0v) is 15.1. The van der Waals surface area contributed by atoms with Crippen LogP contribution in [0.3, 0.4) is 0 Å². The number of hydrogen-bond acceptors (Lipinski definition) is 4. The van der Waals surface area contributed by atoms with E-state index in [9.17, 15) is 18.0 Å². The quantitative estimate of drug-likeness (QED) is 0.855. The zero-order valence-electron chi connectivity index (χ0n) is 15.1. The van der Waals surface area contributed by atoms with Crippen LogP contribution in [0.5, 0.6) is 0 Å². The van der Waals surface area contributed by atoms with E-state index in [2.05, 4.69) is 14.9 Å². The highest BCUT2D eigenvalue weighted by molar-refractivity contribution is 5.55. The molecule has 8 heteroatoms. The third-order valence-corrected chi connectivity index (χ3v) is 5.09. The van der Waals surface area contributed by atoms with Crippen molar-refractivity contribution in [1.82, 2.24) is 14.9 Å². The van der Waals surface area contributed by atoms with Gasteiger partial charge in [0.15, 0.2) is 5.69 Å². The van der Waals surface area contributed by atoms with Crippen LogP contribution in [0.4, 0.5) is 13.2 Å². The van der Waals surface area contributed by atoms with E-state index < -0.39 is 23.0 Å². The fourth-order valence-corrected chi connectivity index (χ4v) is 3.35. The fraction of sp³-hybridized carbons (Fsp3) is 0.474. The van der Waals surface area contributed by atoms with Crippen molar-refractivity contribution in [1.29, 1.82) is 0 Å². The van der Waals surface area contributed by atoms with E-state index in [0.29, 0.717) is 11.5 Å². The molecule has 0 aliphatic carbocycles. The van der Waals surface area contributed by atoms with Gasteiger partial charge >= 0.3 is 6.18 Å². The smallest absolute Gasteiger partial charge is 0.330 e. The van der Waals surface area contributed by atoms with Crippen LogP contribution in [0.25, 0.3) is 11.4 Å². The number of aromatic nitrogens is 2. The summed E-state index contributed by atoms with van der Waals surface area (Å²) in [4.78, 5) is 20.3. The van der Waals surface area contributed by atoms with Crippen molar-refractivity contribution in [2.75, 3.05) is 19.6 Å². The van der Waals surface area contributed by atoms with Gasteiger partial charge in [-0.1, -0.05) is 24.3 Å². The summed E-state index contributed by atoms with van der Waals surface area (Å²) in [5.41, 5.74) is 4.87. The van der Waals surface area contributed by atoms with Crippen molar-refractivity contribution in [3.05, 3.63) is 51.4 Å². The van der Waals surface area contributed by atoms with Gasteiger partial charge in [-0.2, -0.15) is 13.2 Å². The van der Waals surface area contributed by atoms with Gasteiger partial charge in [-0.25, -0.2) is 4.98 Å². The summed E-state index contributed by atoms with van der Waals surface area (Å²) in [6.07, 6.45) is -2.49. The number of H-pyrrole nitrogens is 1. The van der Waals surface area contributed by atoms with Gasteiger partial charge in [0.1, 0.15) is 5.82 Å². The highest BCUT2D eigenvalue weighted by Gasteiger charge is 2.36. The molecule has 27 heavy (non-hydrogen) atoms. The molecule has 1 fully saturated rings. The van der Waals surface area contributed by atoms with Crippen molar-refractivity contribution in [2.24, 2.45) is 11.7 Å². The van der Waals surface area contributed by atoms with Crippen molar-refractivity contribution in [2.45, 2.75) is 32.5 Å². The molecule has 0 saturated carbocycles. The Labute approximate surface area is 155 Å². The molecule has 1 aliphatic rings. The number of piperidine rings is 1. The summed E-state index contributed by atoms with van der Waals surface area (Å²) < 4.78 is 39.2. The Morgan fingerprint density at radius 2 is 1.85 bits per heavy atom. The van der Waals surface area contributed by atoms with E-state index in [1.807, 2.05) is 12.1 Å². The second-order valence-electron chi connectivity index (χ2n) is 7.04. The lowest BCUT2D eigenvalue weighted by Crippen LogP contribution is -2.35. The minimum Gasteiger partial charge on any atom is -0.330 e. The minimum absolute atomic E-state index is 0.0757. The maximum atomic E-state index is 13.1. The summed E-state index contributed by atoms with van der Waals surface area (Å²) in [6, 6.07) is 7.10. The van der Waals surface area contributed by atoms with Crippen molar-refractivity contribution in [3.63, 3.8) is 0 Å². The lowest BCUT2D eigenvalue weighted by molar-refractivity contribution is -0.141. The molecule has 1 aromatic carbocycles. The van der Waals surface area contributed by atoms with Crippen LogP contribution in [-0.4, -0.2) is 34.5 Å². The highest BCUT2D eigenvalue weighted by Crippen LogP contribution is 2.30. The molecule has 0 amide bonds. The third kappa shape index (κ3) is 4.56. The van der Waals surface area contributed by atoms with Gasteiger partial charge < -0.3 is 10.7 Å². The molecule has 1 aliphatic heterocycles. The summed E-state index contributed by atoms with van der Waals surface area (Å²) in [6.45, 7) is 4.61. The first-order valence-electron chi connectivity index (χ1n) is 8.97. The lowest BCUT2D eigenvalue weighted by atomic mass is 9.97. The Balaban J connectivity index is 1.76. The molecule has 3 N–H and O–H groups in total. The molecular formula is C19H23F3N4O. The molecule has 0 atom stereocenters. The predicted molar refractivity (Wildman–Crippen MR) is 97.1 cm³/mol. The predicted octanol–water partition coefficient (Wildman–Crippen LogP) is 2.93. The van der Waals surface area contributed by atoms with Crippen LogP contribution in [0, 0.1) is 12.8 Å². The molecule has 0 radical (unpaired) electrons. The molecule has 2 aromatic rings. The molecule has 146 valence electrons. The van der Waals surface area contributed by atoms with Crippen LogP contribution >= 0.6 is 0 Å². The first-order valence-corrected chi connectivity index (χ1v) is 8.97. The van der Waals surface area contributed by atoms with Gasteiger partial charge in [-0.3, -0.25) is 9.69 Å². The number of likely N-dealkylation sites (tertiary alicyclic amines) is 1. The second-order valence-corrected chi connectivity index (χ2v) is 7.04. The molecular weight excluding hydrogens is 357 g/mol. The number of nitrogens with two attached hydrogens (primary N) is 1. The molecule has 3 rings (SSSR count). The Morgan fingerprint density at radius 3 is 2.41 bits per heavy atom. The van der Waals surface area contributed by atoms with Gasteiger partial charge in [0, 0.05) is 17.7 Å². The molecule has 5 nitrogen and oxygen atoms in total. The van der Waals surface area contributed by atoms with E-state index in [4.69, 9.17) is 5.73 Å². The monoisotopic (exact) mass is 380 g/mol. The first kappa shape index (κ1) is 19.6. The Kier molecular flexibility index (Phi) is 5.67. The van der Waals surface area contributed by atoms with Crippen molar-refractivity contribution >= 4 is 0 Å². The molecule has 2 heterocycles. The fourth-order valence-electron chi connectivity index (χ4n) is 3.35. The summed E-state index contributed by atoms with van der Waals surface area (Å²) >= 11 is 0. The largest absolute Gasteiger partial charge is 0.433 e. The van der Waals surface area contributed by atoms with Crippen LogP contribution in [0.1, 0.15) is 29.7 Å². The Morgan fingerprint density at radius 1 is 1.22 bits per heavy atom. The average molecular weight is 380 g/mol. The molecule has 1 aromatic heterocycles. The third-order valence-electron chi connectivity index (χ3n) is 5.09. The average Bonchev–Trinajstić information content (AvgIpc) is 2.64. The van der Waals surface area contributed by atoms with Gasteiger partial charge in [-0.15, -0.1) is 0 Å². The molecule has 0 bridgehead atoms. The van der Waals surface area contributed by atoms with E-state index in [1.54, 1.807) is 12.1 Å². The SMILES string of the molecule is Cc1c(C(F)(F)F)nc(-c2ccc(CN3CCC(CN)CC3)cc2)[nH]c1=O. The number of hydrogen-bond donors (Lipinski definition) is 2. The lowest BCUT2D eigenvalue weighted by Gasteiger charge is -2.31. The van der Waals surface area contributed by atoms with Crippen LogP contribution in [-0.2, 0) is 12.7 Å². The zero-order chi connectivity index (χ0) is 19.6. The van der Waals surface area contributed by atoms with E-state index in [-0.39, 0.29) is 5.82 Å². The summed E-state index contributed by atoms with van der Waals surface area (Å²) in [5, 5.41) is 0. The highest BCUT2D eigenvalue weighted by atomic mass is 19.4. The van der Waals surface area contributed by atoms with Gasteiger partial charge in [0.05, 0.1) is 0 Å². The van der Waals surface area contributed by atoms with Crippen LogP contribution in [0.15, 0.2) is 29.1 Å². The van der Waals surface area contributed by atoms with Crippen molar-refractivity contribution < 1.29 is 13.2 Å².